The summed E-state index contributed by atoms with van der Waals surface area (Å²) in [5, 5.41) is 15.7. The van der Waals surface area contributed by atoms with Gasteiger partial charge >= 0.3 is 0 Å². The van der Waals surface area contributed by atoms with Gasteiger partial charge in [-0.05, 0) is 25.8 Å². The van der Waals surface area contributed by atoms with Crippen molar-refractivity contribution >= 4 is 5.91 Å². The normalized spacial score (nSPS) is 17.6. The van der Waals surface area contributed by atoms with Crippen LogP contribution in [0.15, 0.2) is 12.3 Å². The van der Waals surface area contributed by atoms with Crippen molar-refractivity contribution in [3.63, 3.8) is 0 Å². The fourth-order valence-electron chi connectivity index (χ4n) is 2.85. The molecule has 0 fully saturated rings. The van der Waals surface area contributed by atoms with Crippen LogP contribution in [0.4, 0.5) is 0 Å². The monoisotopic (exact) mass is 318 g/mol. The highest BCUT2D eigenvalue weighted by Gasteiger charge is 2.22. The Balaban J connectivity index is 1.62. The second-order valence-corrected chi connectivity index (χ2v) is 5.67. The first-order chi connectivity index (χ1) is 11.2. The average molecular weight is 318 g/mol. The molecule has 2 aromatic heterocycles. The summed E-state index contributed by atoms with van der Waals surface area (Å²) in [6, 6.07) is 1.87. The van der Waals surface area contributed by atoms with Crippen LogP contribution in [-0.2, 0) is 30.9 Å². The number of amides is 1. The van der Waals surface area contributed by atoms with Gasteiger partial charge in [-0.25, -0.2) is 0 Å². The van der Waals surface area contributed by atoms with Crippen molar-refractivity contribution in [3.05, 3.63) is 29.6 Å². The zero-order chi connectivity index (χ0) is 16.2. The molecule has 1 atom stereocenters. The van der Waals surface area contributed by atoms with Crippen molar-refractivity contribution in [3.8, 4) is 0 Å². The summed E-state index contributed by atoms with van der Waals surface area (Å²) in [5.74, 6) is 1.69. The number of aromatic nitrogens is 5. The highest BCUT2D eigenvalue weighted by Crippen LogP contribution is 2.16. The van der Waals surface area contributed by atoms with Gasteiger partial charge in [-0.3, -0.25) is 9.48 Å². The second-order valence-electron chi connectivity index (χ2n) is 5.67. The van der Waals surface area contributed by atoms with Crippen molar-refractivity contribution < 1.29 is 9.53 Å². The Bertz CT molecular complexity index is 677. The van der Waals surface area contributed by atoms with E-state index in [9.17, 15) is 4.79 Å². The highest BCUT2D eigenvalue weighted by atomic mass is 16.5. The molecule has 8 nitrogen and oxygen atoms in total. The number of aryl methyl sites for hydroxylation is 2. The summed E-state index contributed by atoms with van der Waals surface area (Å²) in [5.41, 5.74) is 0.468. The quantitative estimate of drug-likeness (QED) is 0.880. The highest BCUT2D eigenvalue weighted by molar-refractivity contribution is 5.92. The molecule has 1 amide bonds. The Morgan fingerprint density at radius 1 is 1.43 bits per heavy atom. The van der Waals surface area contributed by atoms with Gasteiger partial charge in [0.25, 0.3) is 5.91 Å². The van der Waals surface area contributed by atoms with Gasteiger partial charge in [0.05, 0.1) is 0 Å². The van der Waals surface area contributed by atoms with E-state index in [0.29, 0.717) is 12.3 Å². The zero-order valence-corrected chi connectivity index (χ0v) is 13.5. The minimum absolute atomic E-state index is 0.114. The average Bonchev–Trinajstić information content (AvgIpc) is 3.13. The number of hydrogen-bond acceptors (Lipinski definition) is 5. The third-order valence-corrected chi connectivity index (χ3v) is 4.13. The lowest BCUT2D eigenvalue weighted by Crippen LogP contribution is -2.35. The van der Waals surface area contributed by atoms with Gasteiger partial charge in [-0.15, -0.1) is 10.2 Å². The number of carbonyl (C=O) groups excluding carboxylic acids is 1. The van der Waals surface area contributed by atoms with Crippen LogP contribution < -0.4 is 5.32 Å². The van der Waals surface area contributed by atoms with Crippen LogP contribution >= 0.6 is 0 Å². The summed E-state index contributed by atoms with van der Waals surface area (Å²) in [6.45, 7) is 3.99. The largest absolute Gasteiger partial charge is 0.377 e. The van der Waals surface area contributed by atoms with E-state index in [0.717, 1.165) is 44.0 Å². The zero-order valence-electron chi connectivity index (χ0n) is 13.5. The third-order valence-electron chi connectivity index (χ3n) is 4.13. The van der Waals surface area contributed by atoms with E-state index in [4.69, 9.17) is 4.74 Å². The molecule has 1 N–H and O–H groups in total. The number of hydrogen-bond donors (Lipinski definition) is 1. The fraction of sp³-hybridized carbons (Fsp3) is 0.600. The van der Waals surface area contributed by atoms with E-state index >= 15 is 0 Å². The molecule has 0 saturated carbocycles. The van der Waals surface area contributed by atoms with Crippen molar-refractivity contribution in [1.29, 1.82) is 0 Å². The van der Waals surface area contributed by atoms with E-state index in [1.165, 1.54) is 0 Å². The Kier molecular flexibility index (Phi) is 4.71. The van der Waals surface area contributed by atoms with Crippen molar-refractivity contribution in [2.75, 3.05) is 7.11 Å². The molecular formula is C15H22N6O2. The van der Waals surface area contributed by atoms with E-state index in [2.05, 4.69) is 25.2 Å². The van der Waals surface area contributed by atoms with Gasteiger partial charge in [-0.2, -0.15) is 5.10 Å². The maximum atomic E-state index is 12.3. The van der Waals surface area contributed by atoms with Gasteiger partial charge in [0.1, 0.15) is 18.1 Å². The lowest BCUT2D eigenvalue weighted by atomic mass is 10.1. The number of ether oxygens (including phenoxy) is 1. The molecule has 0 bridgehead atoms. The molecule has 0 radical (unpaired) electrons. The first-order valence-corrected chi connectivity index (χ1v) is 7.95. The molecule has 0 aromatic carbocycles. The van der Waals surface area contributed by atoms with Crippen LogP contribution in [0.1, 0.15) is 41.9 Å². The number of rotatable bonds is 5. The molecule has 1 aliphatic rings. The van der Waals surface area contributed by atoms with E-state index in [1.807, 2.05) is 13.1 Å². The molecular weight excluding hydrogens is 296 g/mol. The lowest BCUT2D eigenvalue weighted by molar-refractivity contribution is 0.0927. The summed E-state index contributed by atoms with van der Waals surface area (Å²) < 4.78 is 9.00. The van der Waals surface area contributed by atoms with Crippen LogP contribution in [0.2, 0.25) is 0 Å². The van der Waals surface area contributed by atoms with E-state index in [-0.39, 0.29) is 11.9 Å². The fourth-order valence-corrected chi connectivity index (χ4v) is 2.85. The van der Waals surface area contributed by atoms with Crippen molar-refractivity contribution in [2.24, 2.45) is 0 Å². The minimum Gasteiger partial charge on any atom is -0.377 e. The predicted octanol–water partition coefficient (Wildman–Crippen LogP) is 0.776. The Morgan fingerprint density at radius 2 is 2.30 bits per heavy atom. The molecule has 3 heterocycles. The Morgan fingerprint density at radius 3 is 3.04 bits per heavy atom. The van der Waals surface area contributed by atoms with Gasteiger partial charge in [-0.1, -0.05) is 0 Å². The van der Waals surface area contributed by atoms with Crippen LogP contribution in [0.3, 0.4) is 0 Å². The van der Waals surface area contributed by atoms with Crippen molar-refractivity contribution in [1.82, 2.24) is 29.9 Å². The summed E-state index contributed by atoms with van der Waals surface area (Å²) >= 11 is 0. The number of carbonyl (C=O) groups is 1. The SMILES string of the molecule is CCn1ccc(C(=O)NC2CCc3nnc(COC)n3CC2)n1. The maximum Gasteiger partial charge on any atom is 0.271 e. The molecule has 1 aliphatic heterocycles. The smallest absolute Gasteiger partial charge is 0.271 e. The predicted molar refractivity (Wildman–Crippen MR) is 82.8 cm³/mol. The number of nitrogens with zero attached hydrogens (tertiary/aromatic N) is 5. The summed E-state index contributed by atoms with van der Waals surface area (Å²) in [4.78, 5) is 12.3. The summed E-state index contributed by atoms with van der Waals surface area (Å²) in [7, 11) is 1.65. The molecule has 1 unspecified atom stereocenters. The molecule has 0 spiro atoms. The van der Waals surface area contributed by atoms with E-state index < -0.39 is 0 Å². The maximum absolute atomic E-state index is 12.3. The van der Waals surface area contributed by atoms with Crippen LogP contribution in [0.5, 0.6) is 0 Å². The molecule has 0 saturated heterocycles. The standard InChI is InChI=1S/C15H22N6O2/c1-3-20-8-7-12(19-20)15(22)16-11-4-5-13-17-18-14(10-23-2)21(13)9-6-11/h7-8,11H,3-6,9-10H2,1-2H3,(H,16,22). The van der Waals surface area contributed by atoms with Gasteiger partial charge in [0.15, 0.2) is 5.82 Å². The molecule has 0 aliphatic carbocycles. The Hall–Kier alpha value is -2.22. The second kappa shape index (κ2) is 6.91. The molecule has 3 rings (SSSR count). The topological polar surface area (TPSA) is 86.9 Å². The van der Waals surface area contributed by atoms with Crippen LogP contribution in [-0.4, -0.2) is 43.6 Å². The Labute approximate surface area is 134 Å². The van der Waals surface area contributed by atoms with Gasteiger partial charge < -0.3 is 14.6 Å². The van der Waals surface area contributed by atoms with Crippen LogP contribution in [0.25, 0.3) is 0 Å². The first kappa shape index (κ1) is 15.7. The first-order valence-electron chi connectivity index (χ1n) is 7.95. The molecule has 8 heteroatoms. The minimum atomic E-state index is -0.114. The number of nitrogens with one attached hydrogen (secondary N) is 1. The van der Waals surface area contributed by atoms with E-state index in [1.54, 1.807) is 17.9 Å². The third kappa shape index (κ3) is 3.42. The van der Waals surface area contributed by atoms with Gasteiger partial charge in [0, 0.05) is 38.9 Å². The van der Waals surface area contributed by atoms with Gasteiger partial charge in [0.2, 0.25) is 0 Å². The number of methoxy groups -OCH3 is 1. The molecule has 124 valence electrons. The van der Waals surface area contributed by atoms with Crippen molar-refractivity contribution in [2.45, 2.75) is 51.9 Å². The van der Waals surface area contributed by atoms with Crippen LogP contribution in [0, 0.1) is 0 Å². The number of fused-ring (bicyclic) bond motifs is 1. The lowest BCUT2D eigenvalue weighted by Gasteiger charge is -2.15. The summed E-state index contributed by atoms with van der Waals surface area (Å²) in [6.07, 6.45) is 4.32. The molecule has 23 heavy (non-hydrogen) atoms. The molecule has 2 aromatic rings.